The highest BCUT2D eigenvalue weighted by atomic mass is 79.9. The number of carbonyl (C=O) groups is 3. The molecule has 2 aliphatic heterocycles. The van der Waals surface area contributed by atoms with Crippen molar-refractivity contribution in [3.63, 3.8) is 0 Å². The van der Waals surface area contributed by atoms with Crippen LogP contribution in [0.15, 0.2) is 105 Å². The van der Waals surface area contributed by atoms with Crippen molar-refractivity contribution in [2.75, 3.05) is 16.8 Å². The monoisotopic (exact) mass is 737 g/mol. The molecule has 48 heavy (non-hydrogen) atoms. The van der Waals surface area contributed by atoms with Gasteiger partial charge in [0.05, 0.1) is 22.5 Å². The quantitative estimate of drug-likeness (QED) is 0.181. The van der Waals surface area contributed by atoms with Gasteiger partial charge >= 0.3 is 4.87 Å². The fourth-order valence-corrected chi connectivity index (χ4v) is 11.8. The van der Waals surface area contributed by atoms with E-state index in [-0.39, 0.29) is 70.0 Å². The van der Waals surface area contributed by atoms with E-state index in [1.54, 1.807) is 11.8 Å². The van der Waals surface area contributed by atoms with Gasteiger partial charge in [-0.1, -0.05) is 75.8 Å². The van der Waals surface area contributed by atoms with Crippen LogP contribution in [0.3, 0.4) is 0 Å². The maximum Gasteiger partial charge on any atom is 0.305 e. The van der Waals surface area contributed by atoms with E-state index in [9.17, 15) is 19.2 Å². The summed E-state index contributed by atoms with van der Waals surface area (Å²) in [4.78, 5) is 58.6. The van der Waals surface area contributed by atoms with Crippen molar-refractivity contribution in [2.24, 2.45) is 29.6 Å². The third-order valence-electron chi connectivity index (χ3n) is 10.5. The minimum atomic E-state index is -0.365. The molecule has 7 atom stereocenters. The van der Waals surface area contributed by atoms with Crippen molar-refractivity contribution < 1.29 is 19.1 Å². The van der Waals surface area contributed by atoms with Crippen LogP contribution in [0.5, 0.6) is 5.75 Å². The molecule has 2 aliphatic carbocycles. The first-order valence-corrected chi connectivity index (χ1v) is 18.4. The van der Waals surface area contributed by atoms with Gasteiger partial charge in [0, 0.05) is 31.6 Å². The van der Waals surface area contributed by atoms with Gasteiger partial charge in [-0.05, 0) is 77.6 Å². The lowest BCUT2D eigenvalue weighted by Gasteiger charge is -2.43. The first-order valence-electron chi connectivity index (χ1n) is 15.9. The lowest BCUT2D eigenvalue weighted by Crippen LogP contribution is -2.42. The molecule has 240 valence electrons. The summed E-state index contributed by atoms with van der Waals surface area (Å²) >= 11 is 6.35. The number of nitrogens with zero attached hydrogens (tertiary/aromatic N) is 1. The molecule has 4 aromatic carbocycles. The number of rotatable bonds is 6. The number of hydrogen-bond donors (Lipinski definition) is 2. The predicted molar refractivity (Wildman–Crippen MR) is 190 cm³/mol. The van der Waals surface area contributed by atoms with Gasteiger partial charge in [0.25, 0.3) is 5.91 Å². The summed E-state index contributed by atoms with van der Waals surface area (Å²) in [6.07, 6.45) is 0.825. The van der Waals surface area contributed by atoms with Gasteiger partial charge in [-0.25, -0.2) is 0 Å². The topological polar surface area (TPSA) is 109 Å². The highest BCUT2D eigenvalue weighted by Gasteiger charge is 2.69. The highest BCUT2D eigenvalue weighted by Crippen LogP contribution is 2.68. The zero-order chi connectivity index (χ0) is 32.7. The van der Waals surface area contributed by atoms with Gasteiger partial charge < -0.3 is 15.0 Å². The van der Waals surface area contributed by atoms with Crippen molar-refractivity contribution in [3.05, 3.63) is 116 Å². The molecule has 3 heterocycles. The number of nitrogens with one attached hydrogen (secondary N) is 2. The van der Waals surface area contributed by atoms with E-state index in [0.717, 1.165) is 42.8 Å². The van der Waals surface area contributed by atoms with Crippen LogP contribution in [0.25, 0.3) is 10.8 Å². The van der Waals surface area contributed by atoms with Crippen LogP contribution in [0, 0.1) is 29.6 Å². The second kappa shape index (κ2) is 11.5. The third-order valence-corrected chi connectivity index (χ3v) is 13.6. The third kappa shape index (κ3) is 4.69. The number of hydrogen-bond acceptors (Lipinski definition) is 7. The Morgan fingerprint density at radius 3 is 2.42 bits per heavy atom. The molecule has 11 heteroatoms. The number of thioether (sulfide) groups is 1. The van der Waals surface area contributed by atoms with Crippen LogP contribution < -0.4 is 19.8 Å². The maximum atomic E-state index is 14.0. The predicted octanol–water partition coefficient (Wildman–Crippen LogP) is 7.05. The molecular formula is C37H28BrN3O5S2. The number of thiazole rings is 1. The lowest BCUT2D eigenvalue weighted by atomic mass is 9.68. The molecular weight excluding hydrogens is 710 g/mol. The molecule has 4 aliphatic rings. The fourth-order valence-electron chi connectivity index (χ4n) is 8.68. The number of carbonyl (C=O) groups excluding carboxylic acids is 3. The number of fused-ring (bicyclic) bond motifs is 10. The smallest absolute Gasteiger partial charge is 0.305 e. The van der Waals surface area contributed by atoms with E-state index < -0.39 is 0 Å². The molecule has 2 N–H and O–H groups in total. The molecule has 1 aromatic heterocycles. The van der Waals surface area contributed by atoms with Crippen LogP contribution in [-0.4, -0.2) is 34.6 Å². The number of amides is 3. The largest absolute Gasteiger partial charge is 0.484 e. The standard InChI is InChI=1S/C37H28BrN3O5S2/c38-20-10-12-21(13-11-20)41-35(43)30-24-16-25(31(30)36(41)44)32-29(24)28(33-34(47-32)40-37(45)48-33)19-8-14-22(15-9-19)46-17-27(42)39-26-7-3-5-18-4-1-2-6-23(18)26/h1-15,24-25,28-32H,16-17H2,(H,39,42)(H,40,45)/t24?,25?,28-,29?,30?,31?,32?/m1/s1. The Morgan fingerprint density at radius 2 is 1.62 bits per heavy atom. The van der Waals surface area contributed by atoms with Crippen molar-refractivity contribution >= 4 is 78.9 Å². The number of imide groups is 1. The Labute approximate surface area is 292 Å². The number of ether oxygens (including phenoxy) is 1. The molecule has 1 saturated heterocycles. The van der Waals surface area contributed by atoms with Crippen LogP contribution in [0.1, 0.15) is 22.8 Å². The van der Waals surface area contributed by atoms with Crippen LogP contribution in [0.2, 0.25) is 0 Å². The Balaban J connectivity index is 0.966. The normalized spacial score (nSPS) is 26.8. The Morgan fingerprint density at radius 1 is 0.896 bits per heavy atom. The Bertz CT molecular complexity index is 2180. The Kier molecular flexibility index (Phi) is 7.14. The van der Waals surface area contributed by atoms with Crippen molar-refractivity contribution in [3.8, 4) is 5.75 Å². The summed E-state index contributed by atoms with van der Waals surface area (Å²) < 4.78 is 6.77. The number of halogens is 1. The first kappa shape index (κ1) is 29.9. The summed E-state index contributed by atoms with van der Waals surface area (Å²) in [5, 5.41) is 5.94. The van der Waals surface area contributed by atoms with Gasteiger partial charge in [0.15, 0.2) is 6.61 Å². The van der Waals surface area contributed by atoms with Crippen molar-refractivity contribution in [1.29, 1.82) is 0 Å². The molecule has 3 amide bonds. The molecule has 2 saturated carbocycles. The maximum absolute atomic E-state index is 14.0. The van der Waals surface area contributed by atoms with E-state index >= 15 is 0 Å². The average molecular weight is 739 g/mol. The molecule has 6 unspecified atom stereocenters. The van der Waals surface area contributed by atoms with Crippen molar-refractivity contribution in [2.45, 2.75) is 22.6 Å². The number of benzene rings is 4. The van der Waals surface area contributed by atoms with Crippen LogP contribution in [-0.2, 0) is 14.4 Å². The minimum absolute atomic E-state index is 0.0263. The summed E-state index contributed by atoms with van der Waals surface area (Å²) in [5.74, 6) is -0.545. The zero-order valence-electron chi connectivity index (χ0n) is 25.3. The summed E-state index contributed by atoms with van der Waals surface area (Å²) in [6.45, 7) is -0.144. The number of aromatic amines is 1. The van der Waals surface area contributed by atoms with Gasteiger partial charge in [0.1, 0.15) is 5.75 Å². The number of aromatic nitrogens is 1. The van der Waals surface area contributed by atoms with E-state index in [2.05, 4.69) is 26.2 Å². The van der Waals surface area contributed by atoms with E-state index in [1.165, 1.54) is 16.2 Å². The molecule has 9 rings (SSSR count). The van der Waals surface area contributed by atoms with E-state index in [4.69, 9.17) is 4.74 Å². The SMILES string of the molecule is O=C(COc1ccc([C@H]2c3sc(=O)[nH]c3SC3C4CC(C5C(=O)N(c6ccc(Br)cc6)C(=O)C45)C32)cc1)Nc1cccc2ccccc12. The molecule has 0 radical (unpaired) electrons. The van der Waals surface area contributed by atoms with E-state index in [1.807, 2.05) is 91.0 Å². The van der Waals surface area contributed by atoms with Gasteiger partial charge in [-0.2, -0.15) is 0 Å². The summed E-state index contributed by atoms with van der Waals surface area (Å²) in [7, 11) is 0. The fraction of sp³-hybridized carbons (Fsp3) is 0.243. The zero-order valence-corrected chi connectivity index (χ0v) is 28.5. The average Bonchev–Trinajstić information content (AvgIpc) is 3.83. The lowest BCUT2D eigenvalue weighted by molar-refractivity contribution is -0.123. The molecule has 8 nitrogen and oxygen atoms in total. The summed E-state index contributed by atoms with van der Waals surface area (Å²) in [6, 6.07) is 28.7. The van der Waals surface area contributed by atoms with Gasteiger partial charge in [0.2, 0.25) is 11.8 Å². The second-order valence-electron chi connectivity index (χ2n) is 12.9. The van der Waals surface area contributed by atoms with Crippen molar-refractivity contribution in [1.82, 2.24) is 4.98 Å². The second-order valence-corrected chi connectivity index (χ2v) is 16.0. The molecule has 3 fully saturated rings. The van der Waals surface area contributed by atoms with Gasteiger partial charge in [-0.15, -0.1) is 11.8 Å². The first-order chi connectivity index (χ1) is 23.4. The summed E-state index contributed by atoms with van der Waals surface area (Å²) in [5.41, 5.74) is 2.37. The number of H-pyrrole nitrogens is 1. The minimum Gasteiger partial charge on any atom is -0.484 e. The highest BCUT2D eigenvalue weighted by molar-refractivity contribution is 9.10. The molecule has 5 aromatic rings. The van der Waals surface area contributed by atoms with E-state index in [0.29, 0.717) is 11.4 Å². The van der Waals surface area contributed by atoms with Crippen LogP contribution in [0.4, 0.5) is 11.4 Å². The van der Waals surface area contributed by atoms with Gasteiger partial charge in [-0.3, -0.25) is 24.1 Å². The number of anilines is 2. The molecule has 0 spiro atoms. The van der Waals surface area contributed by atoms with Crippen LogP contribution >= 0.6 is 39.0 Å². The molecule has 2 bridgehead atoms. The Hall–Kier alpha value is -4.19.